The van der Waals surface area contributed by atoms with Crippen LogP contribution >= 0.6 is 0 Å². The third kappa shape index (κ3) is 3.45. The molecule has 0 aromatic rings. The molecule has 4 nitrogen and oxygen atoms in total. The Hall–Kier alpha value is -0.610. The highest BCUT2D eigenvalue weighted by Crippen LogP contribution is 2.19. The molecule has 0 aromatic carbocycles. The van der Waals surface area contributed by atoms with Gasteiger partial charge in [0, 0.05) is 13.1 Å². The van der Waals surface area contributed by atoms with E-state index in [4.69, 9.17) is 0 Å². The fourth-order valence-corrected chi connectivity index (χ4v) is 2.79. The second kappa shape index (κ2) is 6.02. The number of rotatable bonds is 2. The molecule has 0 radical (unpaired) electrons. The lowest BCUT2D eigenvalue weighted by Gasteiger charge is -2.36. The Kier molecular flexibility index (Phi) is 4.62. The summed E-state index contributed by atoms with van der Waals surface area (Å²) in [5.74, 6) is 1.31. The zero-order valence-electron chi connectivity index (χ0n) is 11.6. The number of likely N-dealkylation sites (tertiary alicyclic amines) is 2. The summed E-state index contributed by atoms with van der Waals surface area (Å²) in [4.78, 5) is 16.3. The van der Waals surface area contributed by atoms with Crippen LogP contribution in [-0.2, 0) is 4.79 Å². The van der Waals surface area contributed by atoms with Gasteiger partial charge in [-0.05, 0) is 44.2 Å². The summed E-state index contributed by atoms with van der Waals surface area (Å²) in [7, 11) is 0. The Labute approximate surface area is 110 Å². The number of aliphatic hydroxyl groups excluding tert-OH is 1. The van der Waals surface area contributed by atoms with E-state index in [1.54, 1.807) is 0 Å². The van der Waals surface area contributed by atoms with Crippen molar-refractivity contribution < 1.29 is 9.90 Å². The molecule has 2 aliphatic heterocycles. The third-order valence-corrected chi connectivity index (χ3v) is 4.51. The molecule has 0 aliphatic carbocycles. The molecule has 0 spiro atoms. The molecule has 0 saturated carbocycles. The van der Waals surface area contributed by atoms with Crippen LogP contribution < -0.4 is 0 Å². The minimum absolute atomic E-state index is 0.190. The normalized spacial score (nSPS) is 31.6. The molecule has 2 aliphatic rings. The zero-order valence-corrected chi connectivity index (χ0v) is 11.6. The Bertz CT molecular complexity index is 288. The SMILES string of the molecule is CC1CCN(CC(=O)N2CCC(C)C(O)C2)CC1. The second-order valence-corrected chi connectivity index (χ2v) is 6.13. The van der Waals surface area contributed by atoms with E-state index in [1.165, 1.54) is 12.8 Å². The lowest BCUT2D eigenvalue weighted by Crippen LogP contribution is -2.50. The van der Waals surface area contributed by atoms with Crippen molar-refractivity contribution >= 4 is 5.91 Å². The van der Waals surface area contributed by atoms with Crippen molar-refractivity contribution in [1.82, 2.24) is 9.80 Å². The smallest absolute Gasteiger partial charge is 0.236 e. The van der Waals surface area contributed by atoms with E-state index in [2.05, 4.69) is 18.7 Å². The van der Waals surface area contributed by atoms with E-state index < -0.39 is 0 Å². The van der Waals surface area contributed by atoms with E-state index in [0.717, 1.165) is 32.0 Å². The third-order valence-electron chi connectivity index (χ3n) is 4.51. The standard InChI is InChI=1S/C14H26N2O2/c1-11-3-6-15(7-4-11)10-14(18)16-8-5-12(2)13(17)9-16/h11-13,17H,3-10H2,1-2H3. The first kappa shape index (κ1) is 13.8. The van der Waals surface area contributed by atoms with Crippen molar-refractivity contribution in [1.29, 1.82) is 0 Å². The number of aliphatic hydroxyl groups is 1. The van der Waals surface area contributed by atoms with E-state index >= 15 is 0 Å². The summed E-state index contributed by atoms with van der Waals surface area (Å²) in [5, 5.41) is 9.83. The van der Waals surface area contributed by atoms with Gasteiger partial charge in [-0.3, -0.25) is 9.69 Å². The summed E-state index contributed by atoms with van der Waals surface area (Å²) in [6.07, 6.45) is 2.98. The Morgan fingerprint density at radius 3 is 2.44 bits per heavy atom. The summed E-state index contributed by atoms with van der Waals surface area (Å²) in [5.41, 5.74) is 0. The highest BCUT2D eigenvalue weighted by Gasteiger charge is 2.28. The first-order valence-electron chi connectivity index (χ1n) is 7.24. The minimum atomic E-state index is -0.343. The average molecular weight is 254 g/mol. The number of nitrogens with zero attached hydrogens (tertiary/aromatic N) is 2. The van der Waals surface area contributed by atoms with Gasteiger partial charge in [-0.1, -0.05) is 13.8 Å². The summed E-state index contributed by atoms with van der Waals surface area (Å²) in [6.45, 7) is 8.28. The van der Waals surface area contributed by atoms with Gasteiger partial charge in [-0.2, -0.15) is 0 Å². The van der Waals surface area contributed by atoms with Gasteiger partial charge in [0.2, 0.25) is 5.91 Å². The van der Waals surface area contributed by atoms with Crippen LogP contribution in [0.4, 0.5) is 0 Å². The maximum absolute atomic E-state index is 12.2. The molecule has 0 bridgehead atoms. The van der Waals surface area contributed by atoms with Crippen molar-refractivity contribution in [3.63, 3.8) is 0 Å². The maximum Gasteiger partial charge on any atom is 0.236 e. The number of amides is 1. The first-order valence-corrected chi connectivity index (χ1v) is 7.24. The fraction of sp³-hybridized carbons (Fsp3) is 0.929. The Balaban J connectivity index is 1.78. The quantitative estimate of drug-likeness (QED) is 0.798. The van der Waals surface area contributed by atoms with Crippen LogP contribution in [0.2, 0.25) is 0 Å². The van der Waals surface area contributed by atoms with E-state index in [1.807, 2.05) is 4.90 Å². The van der Waals surface area contributed by atoms with Gasteiger partial charge in [0.1, 0.15) is 0 Å². The predicted molar refractivity (Wildman–Crippen MR) is 71.2 cm³/mol. The molecule has 2 atom stereocenters. The van der Waals surface area contributed by atoms with Crippen LogP contribution in [0.25, 0.3) is 0 Å². The van der Waals surface area contributed by atoms with Crippen molar-refractivity contribution in [3.8, 4) is 0 Å². The number of hydrogen-bond acceptors (Lipinski definition) is 3. The van der Waals surface area contributed by atoms with E-state index in [9.17, 15) is 9.90 Å². The second-order valence-electron chi connectivity index (χ2n) is 6.13. The number of carbonyl (C=O) groups excluding carboxylic acids is 1. The van der Waals surface area contributed by atoms with Crippen LogP contribution in [0.3, 0.4) is 0 Å². The fourth-order valence-electron chi connectivity index (χ4n) is 2.79. The van der Waals surface area contributed by atoms with Crippen molar-refractivity contribution in [2.24, 2.45) is 11.8 Å². The minimum Gasteiger partial charge on any atom is -0.391 e. The summed E-state index contributed by atoms with van der Waals surface area (Å²) in [6, 6.07) is 0. The Morgan fingerprint density at radius 2 is 1.83 bits per heavy atom. The summed E-state index contributed by atoms with van der Waals surface area (Å²) < 4.78 is 0. The molecule has 4 heteroatoms. The van der Waals surface area contributed by atoms with Crippen LogP contribution in [-0.4, -0.2) is 59.6 Å². The molecule has 2 heterocycles. The number of β-amino-alcohol motifs (C(OH)–C–C–N with tert-alkyl or cyclic N) is 1. The largest absolute Gasteiger partial charge is 0.391 e. The van der Waals surface area contributed by atoms with Gasteiger partial charge in [0.05, 0.1) is 12.6 Å². The topological polar surface area (TPSA) is 43.8 Å². The van der Waals surface area contributed by atoms with Gasteiger partial charge >= 0.3 is 0 Å². The van der Waals surface area contributed by atoms with Crippen molar-refractivity contribution in [2.45, 2.75) is 39.2 Å². The molecule has 0 aromatic heterocycles. The highest BCUT2D eigenvalue weighted by molar-refractivity contribution is 5.78. The monoisotopic (exact) mass is 254 g/mol. The van der Waals surface area contributed by atoms with E-state index in [0.29, 0.717) is 19.0 Å². The van der Waals surface area contributed by atoms with Crippen LogP contribution in [0.5, 0.6) is 0 Å². The van der Waals surface area contributed by atoms with Crippen LogP contribution in [0.1, 0.15) is 33.1 Å². The lowest BCUT2D eigenvalue weighted by atomic mass is 9.96. The van der Waals surface area contributed by atoms with Gasteiger partial charge in [0.15, 0.2) is 0 Å². The molecule has 2 unspecified atom stereocenters. The van der Waals surface area contributed by atoms with Crippen molar-refractivity contribution in [2.75, 3.05) is 32.7 Å². The molecule has 104 valence electrons. The number of hydrogen-bond donors (Lipinski definition) is 1. The molecule has 18 heavy (non-hydrogen) atoms. The van der Waals surface area contributed by atoms with E-state index in [-0.39, 0.29) is 12.0 Å². The van der Waals surface area contributed by atoms with Crippen LogP contribution in [0, 0.1) is 11.8 Å². The first-order chi connectivity index (χ1) is 8.56. The highest BCUT2D eigenvalue weighted by atomic mass is 16.3. The molecule has 2 rings (SSSR count). The summed E-state index contributed by atoms with van der Waals surface area (Å²) >= 11 is 0. The molecule has 2 saturated heterocycles. The molecular formula is C14H26N2O2. The number of piperidine rings is 2. The van der Waals surface area contributed by atoms with Gasteiger partial charge < -0.3 is 10.0 Å². The predicted octanol–water partition coefficient (Wildman–Crippen LogP) is 0.948. The average Bonchev–Trinajstić information content (AvgIpc) is 2.35. The molecule has 2 fully saturated rings. The van der Waals surface area contributed by atoms with Crippen LogP contribution in [0.15, 0.2) is 0 Å². The molecular weight excluding hydrogens is 228 g/mol. The molecule has 1 N–H and O–H groups in total. The van der Waals surface area contributed by atoms with Gasteiger partial charge in [-0.15, -0.1) is 0 Å². The zero-order chi connectivity index (χ0) is 13.1. The maximum atomic E-state index is 12.2. The molecule has 1 amide bonds. The lowest BCUT2D eigenvalue weighted by molar-refractivity contribution is -0.137. The number of carbonyl (C=O) groups is 1. The Morgan fingerprint density at radius 1 is 1.17 bits per heavy atom. The van der Waals surface area contributed by atoms with Gasteiger partial charge in [0.25, 0.3) is 0 Å². The van der Waals surface area contributed by atoms with Gasteiger partial charge in [-0.25, -0.2) is 0 Å². The van der Waals surface area contributed by atoms with Crippen molar-refractivity contribution in [3.05, 3.63) is 0 Å².